The van der Waals surface area contributed by atoms with Gasteiger partial charge in [0.05, 0.1) is 5.52 Å². The van der Waals surface area contributed by atoms with Gasteiger partial charge in [0.15, 0.2) is 0 Å². The zero-order valence-electron chi connectivity index (χ0n) is 15.9. The lowest BCUT2D eigenvalue weighted by atomic mass is 9.90. The normalized spacial score (nSPS) is 16.9. The molecule has 1 atom stereocenters. The number of aromatic nitrogens is 1. The molecule has 1 aliphatic heterocycles. The summed E-state index contributed by atoms with van der Waals surface area (Å²) in [7, 11) is 0. The first-order valence-corrected chi connectivity index (χ1v) is 9.92. The van der Waals surface area contributed by atoms with Crippen molar-refractivity contribution in [3.05, 3.63) is 78.0 Å². The molecule has 0 spiro atoms. The molecule has 1 aliphatic rings. The molecule has 0 saturated carbocycles. The van der Waals surface area contributed by atoms with Crippen LogP contribution in [-0.2, 0) is 11.2 Å². The topological polar surface area (TPSA) is 50.3 Å². The number of fused-ring (bicyclic) bond motifs is 1. The summed E-state index contributed by atoms with van der Waals surface area (Å²) >= 11 is 0. The molecule has 4 rings (SSSR count). The zero-order chi connectivity index (χ0) is 19.3. The molecule has 28 heavy (non-hydrogen) atoms. The van der Waals surface area contributed by atoms with Crippen molar-refractivity contribution in [2.24, 2.45) is 5.92 Å². The lowest BCUT2D eigenvalue weighted by Crippen LogP contribution is -2.42. The monoisotopic (exact) mass is 372 g/mol. The van der Waals surface area contributed by atoms with Gasteiger partial charge in [0.2, 0.25) is 0 Å². The summed E-state index contributed by atoms with van der Waals surface area (Å²) in [4.78, 5) is 32.0. The Balaban J connectivity index is 1.40. The third kappa shape index (κ3) is 4.11. The molecule has 0 radical (unpaired) electrons. The number of likely N-dealkylation sites (tertiary alicyclic amines) is 1. The quantitative estimate of drug-likeness (QED) is 0.671. The summed E-state index contributed by atoms with van der Waals surface area (Å²) < 4.78 is 0. The van der Waals surface area contributed by atoms with Crippen molar-refractivity contribution in [3.8, 4) is 0 Å². The largest absolute Gasteiger partial charge is 0.337 e. The number of ketones is 1. The van der Waals surface area contributed by atoms with Crippen molar-refractivity contribution in [3.63, 3.8) is 0 Å². The lowest BCUT2D eigenvalue weighted by Gasteiger charge is -2.32. The fourth-order valence-corrected chi connectivity index (χ4v) is 3.89. The van der Waals surface area contributed by atoms with Gasteiger partial charge in [0.25, 0.3) is 5.91 Å². The number of piperidine rings is 1. The van der Waals surface area contributed by atoms with Gasteiger partial charge in [-0.15, -0.1) is 0 Å². The number of hydrogen-bond acceptors (Lipinski definition) is 3. The van der Waals surface area contributed by atoms with Crippen molar-refractivity contribution < 1.29 is 9.59 Å². The Hall–Kier alpha value is -3.01. The Morgan fingerprint density at radius 2 is 1.75 bits per heavy atom. The fraction of sp³-hybridized carbons (Fsp3) is 0.292. The first-order chi connectivity index (χ1) is 13.7. The highest BCUT2D eigenvalue weighted by Gasteiger charge is 2.29. The summed E-state index contributed by atoms with van der Waals surface area (Å²) in [5.74, 6) is 0.112. The molecule has 0 aliphatic carbocycles. The third-order valence-electron chi connectivity index (χ3n) is 5.48. The molecule has 1 saturated heterocycles. The van der Waals surface area contributed by atoms with Crippen LogP contribution in [0.5, 0.6) is 0 Å². The Bertz CT molecular complexity index is 984. The van der Waals surface area contributed by atoms with Gasteiger partial charge in [-0.25, -0.2) is 4.98 Å². The minimum absolute atomic E-state index is 0.0677. The van der Waals surface area contributed by atoms with Crippen LogP contribution < -0.4 is 0 Å². The van der Waals surface area contributed by atoms with E-state index in [1.54, 1.807) is 11.0 Å². The number of hydrogen-bond donors (Lipinski definition) is 0. The van der Waals surface area contributed by atoms with Gasteiger partial charge in [0, 0.05) is 30.8 Å². The van der Waals surface area contributed by atoms with Crippen LogP contribution in [0.15, 0.2) is 66.7 Å². The van der Waals surface area contributed by atoms with Crippen molar-refractivity contribution in [1.29, 1.82) is 0 Å². The summed E-state index contributed by atoms with van der Waals surface area (Å²) in [5.41, 5.74) is 2.46. The molecule has 0 N–H and O–H groups in total. The van der Waals surface area contributed by atoms with E-state index in [0.29, 0.717) is 25.2 Å². The molecule has 1 fully saturated rings. The summed E-state index contributed by atoms with van der Waals surface area (Å²) in [5, 5.41) is 1.02. The third-order valence-corrected chi connectivity index (χ3v) is 5.48. The summed E-state index contributed by atoms with van der Waals surface area (Å²) in [6.07, 6.45) is 3.02. The predicted octanol–water partition coefficient (Wildman–Crippen LogP) is 4.29. The lowest BCUT2D eigenvalue weighted by molar-refractivity contribution is -0.124. The van der Waals surface area contributed by atoms with Crippen LogP contribution in [0.2, 0.25) is 0 Å². The zero-order valence-corrected chi connectivity index (χ0v) is 15.9. The van der Waals surface area contributed by atoms with Gasteiger partial charge in [-0.05, 0) is 37.0 Å². The fourth-order valence-electron chi connectivity index (χ4n) is 3.89. The highest BCUT2D eigenvalue weighted by molar-refractivity contribution is 5.95. The van der Waals surface area contributed by atoms with Crippen molar-refractivity contribution >= 4 is 22.6 Å². The van der Waals surface area contributed by atoms with Gasteiger partial charge in [-0.3, -0.25) is 9.59 Å². The van der Waals surface area contributed by atoms with E-state index in [9.17, 15) is 9.59 Å². The van der Waals surface area contributed by atoms with Gasteiger partial charge in [0.1, 0.15) is 11.5 Å². The highest BCUT2D eigenvalue weighted by Crippen LogP contribution is 2.22. The number of carbonyl (C=O) groups is 2. The molecule has 0 bridgehead atoms. The van der Waals surface area contributed by atoms with Crippen LogP contribution in [-0.4, -0.2) is 34.7 Å². The minimum Gasteiger partial charge on any atom is -0.337 e. The molecule has 2 aromatic carbocycles. The number of carbonyl (C=O) groups excluding carboxylic acids is 2. The van der Waals surface area contributed by atoms with Crippen LogP contribution in [0, 0.1) is 5.92 Å². The second-order valence-electron chi connectivity index (χ2n) is 7.43. The van der Waals surface area contributed by atoms with Gasteiger partial charge in [-0.1, -0.05) is 54.6 Å². The van der Waals surface area contributed by atoms with Crippen molar-refractivity contribution in [2.45, 2.75) is 25.7 Å². The van der Waals surface area contributed by atoms with E-state index in [0.717, 1.165) is 30.2 Å². The van der Waals surface area contributed by atoms with Crippen molar-refractivity contribution in [2.75, 3.05) is 13.1 Å². The first kappa shape index (κ1) is 18.4. The summed E-state index contributed by atoms with van der Waals surface area (Å²) in [6.45, 7) is 1.19. The predicted molar refractivity (Wildman–Crippen MR) is 110 cm³/mol. The molecular formula is C24H24N2O2. The number of benzene rings is 2. The maximum atomic E-state index is 12.9. The number of aryl methyl sites for hydroxylation is 1. The number of amides is 1. The Morgan fingerprint density at radius 3 is 2.61 bits per heavy atom. The molecule has 4 nitrogen and oxygen atoms in total. The molecule has 2 heterocycles. The molecule has 1 amide bonds. The molecule has 142 valence electrons. The smallest absolute Gasteiger partial charge is 0.272 e. The standard InChI is InChI=1S/C24H24N2O2/c27-23(15-12-18-7-2-1-3-8-18)20-10-6-16-26(17-20)24(28)22-14-13-19-9-4-5-11-21(19)25-22/h1-5,7-9,11,13-14,20H,6,10,12,15-17H2. The average Bonchev–Trinajstić information content (AvgIpc) is 2.77. The maximum absolute atomic E-state index is 12.9. The second-order valence-corrected chi connectivity index (χ2v) is 7.43. The van der Waals surface area contributed by atoms with E-state index in [-0.39, 0.29) is 17.6 Å². The molecular weight excluding hydrogens is 348 g/mol. The summed E-state index contributed by atoms with van der Waals surface area (Å²) in [6, 6.07) is 21.6. The number of para-hydroxylation sites is 1. The van der Waals surface area contributed by atoms with E-state index in [2.05, 4.69) is 17.1 Å². The Labute approximate surface area is 165 Å². The number of nitrogens with zero attached hydrogens (tertiary/aromatic N) is 2. The molecule has 1 aromatic heterocycles. The van der Waals surface area contributed by atoms with E-state index in [1.807, 2.05) is 48.5 Å². The van der Waals surface area contributed by atoms with Gasteiger partial charge in [-0.2, -0.15) is 0 Å². The highest BCUT2D eigenvalue weighted by atomic mass is 16.2. The van der Waals surface area contributed by atoms with E-state index >= 15 is 0 Å². The van der Waals surface area contributed by atoms with E-state index in [4.69, 9.17) is 0 Å². The first-order valence-electron chi connectivity index (χ1n) is 9.92. The van der Waals surface area contributed by atoms with Gasteiger partial charge >= 0.3 is 0 Å². The molecule has 1 unspecified atom stereocenters. The average molecular weight is 372 g/mol. The Kier molecular flexibility index (Phi) is 5.47. The van der Waals surface area contributed by atoms with E-state index < -0.39 is 0 Å². The number of Topliss-reactive ketones (excluding diaryl/α,β-unsaturated/α-hetero) is 1. The van der Waals surface area contributed by atoms with Crippen LogP contribution in [0.25, 0.3) is 10.9 Å². The SMILES string of the molecule is O=C(CCc1ccccc1)C1CCCN(C(=O)c2ccc3ccccc3n2)C1. The van der Waals surface area contributed by atoms with Crippen molar-refractivity contribution in [1.82, 2.24) is 9.88 Å². The number of rotatable bonds is 5. The minimum atomic E-state index is -0.0775. The Morgan fingerprint density at radius 1 is 0.964 bits per heavy atom. The number of pyridine rings is 1. The molecule has 4 heteroatoms. The van der Waals surface area contributed by atoms with Crippen LogP contribution in [0.1, 0.15) is 35.3 Å². The van der Waals surface area contributed by atoms with E-state index in [1.165, 1.54) is 5.56 Å². The molecule has 3 aromatic rings. The van der Waals surface area contributed by atoms with Crippen LogP contribution in [0.4, 0.5) is 0 Å². The second kappa shape index (κ2) is 8.34. The maximum Gasteiger partial charge on any atom is 0.272 e. The van der Waals surface area contributed by atoms with Crippen LogP contribution >= 0.6 is 0 Å². The van der Waals surface area contributed by atoms with Gasteiger partial charge < -0.3 is 4.90 Å². The van der Waals surface area contributed by atoms with Crippen LogP contribution in [0.3, 0.4) is 0 Å².